The van der Waals surface area contributed by atoms with E-state index in [0.717, 1.165) is 22.9 Å². The number of rotatable bonds is 6. The Labute approximate surface area is 117 Å². The average Bonchev–Trinajstić information content (AvgIpc) is 2.95. The van der Waals surface area contributed by atoms with Crippen LogP contribution in [0.3, 0.4) is 0 Å². The summed E-state index contributed by atoms with van der Waals surface area (Å²) in [7, 11) is 1.62. The molecule has 2 rings (SSSR count). The van der Waals surface area contributed by atoms with Gasteiger partial charge < -0.3 is 15.2 Å². The van der Waals surface area contributed by atoms with Gasteiger partial charge in [-0.15, -0.1) is 11.3 Å². The predicted octanol–water partition coefficient (Wildman–Crippen LogP) is 2.75. The number of phenols is 1. The summed E-state index contributed by atoms with van der Waals surface area (Å²) in [4.78, 5) is 4.30. The van der Waals surface area contributed by atoms with Gasteiger partial charge in [0.25, 0.3) is 0 Å². The van der Waals surface area contributed by atoms with Crippen molar-refractivity contribution < 1.29 is 9.84 Å². The van der Waals surface area contributed by atoms with Crippen LogP contribution in [0, 0.1) is 0 Å². The van der Waals surface area contributed by atoms with Crippen LogP contribution < -0.4 is 10.1 Å². The van der Waals surface area contributed by atoms with E-state index in [9.17, 15) is 5.11 Å². The Morgan fingerprint density at radius 2 is 2.32 bits per heavy atom. The molecule has 0 aliphatic carbocycles. The van der Waals surface area contributed by atoms with E-state index in [1.807, 2.05) is 17.6 Å². The predicted molar refractivity (Wildman–Crippen MR) is 76.9 cm³/mol. The van der Waals surface area contributed by atoms with Gasteiger partial charge in [-0.25, -0.2) is 4.98 Å². The summed E-state index contributed by atoms with van der Waals surface area (Å²) in [5.74, 6) is 1.41. The number of benzene rings is 1. The maximum Gasteiger partial charge on any atom is 0.120 e. The second kappa shape index (κ2) is 6.54. The maximum atomic E-state index is 9.77. The molecule has 1 aromatic heterocycles. The zero-order chi connectivity index (χ0) is 13.7. The van der Waals surface area contributed by atoms with Gasteiger partial charge in [0.15, 0.2) is 0 Å². The van der Waals surface area contributed by atoms with Crippen LogP contribution in [-0.4, -0.2) is 23.7 Å². The van der Waals surface area contributed by atoms with E-state index in [-0.39, 0.29) is 5.75 Å². The highest BCUT2D eigenvalue weighted by Crippen LogP contribution is 2.23. The number of aromatic hydroxyl groups is 1. The zero-order valence-electron chi connectivity index (χ0n) is 11.1. The van der Waals surface area contributed by atoms with Crippen LogP contribution in [0.15, 0.2) is 29.8 Å². The van der Waals surface area contributed by atoms with Gasteiger partial charge in [0.2, 0.25) is 0 Å². The molecule has 1 heterocycles. The largest absolute Gasteiger partial charge is 0.508 e. The molecule has 0 amide bonds. The van der Waals surface area contributed by atoms with E-state index in [2.05, 4.69) is 17.2 Å². The van der Waals surface area contributed by atoms with Crippen LogP contribution in [0.2, 0.25) is 0 Å². The molecule has 0 aliphatic heterocycles. The molecule has 102 valence electrons. The quantitative estimate of drug-likeness (QED) is 0.853. The van der Waals surface area contributed by atoms with Gasteiger partial charge in [0.05, 0.1) is 12.1 Å². The number of nitrogens with one attached hydrogen (secondary N) is 1. The summed E-state index contributed by atoms with van der Waals surface area (Å²) in [6.07, 6.45) is 1.82. The number of hydrogen-bond donors (Lipinski definition) is 2. The first-order chi connectivity index (χ1) is 9.20. The van der Waals surface area contributed by atoms with Crippen molar-refractivity contribution in [1.29, 1.82) is 0 Å². The third-order valence-electron chi connectivity index (χ3n) is 2.93. The summed E-state index contributed by atoms with van der Waals surface area (Å²) >= 11 is 1.67. The molecule has 2 aromatic rings. The van der Waals surface area contributed by atoms with Crippen molar-refractivity contribution in [2.75, 3.05) is 13.7 Å². The summed E-state index contributed by atoms with van der Waals surface area (Å²) in [5.41, 5.74) is 0.839. The monoisotopic (exact) mass is 278 g/mol. The molecular weight excluding hydrogens is 260 g/mol. The Balaban J connectivity index is 1.89. The first kappa shape index (κ1) is 13.8. The molecule has 5 heteroatoms. The van der Waals surface area contributed by atoms with Gasteiger partial charge in [0, 0.05) is 36.1 Å². The van der Waals surface area contributed by atoms with Crippen LogP contribution in [0.1, 0.15) is 23.4 Å². The Kier molecular flexibility index (Phi) is 4.76. The molecule has 19 heavy (non-hydrogen) atoms. The Morgan fingerprint density at radius 3 is 3.00 bits per heavy atom. The summed E-state index contributed by atoms with van der Waals surface area (Å²) < 4.78 is 5.15. The van der Waals surface area contributed by atoms with E-state index in [4.69, 9.17) is 4.74 Å². The molecule has 0 bridgehead atoms. The number of thiazole rings is 1. The summed E-state index contributed by atoms with van der Waals surface area (Å²) in [5, 5.41) is 16.2. The molecule has 0 saturated heterocycles. The lowest BCUT2D eigenvalue weighted by Crippen LogP contribution is -2.19. The van der Waals surface area contributed by atoms with Gasteiger partial charge in [0.1, 0.15) is 11.5 Å². The fourth-order valence-corrected chi connectivity index (χ4v) is 2.52. The number of hydrogen-bond acceptors (Lipinski definition) is 5. The van der Waals surface area contributed by atoms with Crippen LogP contribution in [-0.2, 0) is 6.54 Å². The number of phenolic OH excluding ortho intramolecular Hbond substituents is 1. The average molecular weight is 278 g/mol. The van der Waals surface area contributed by atoms with Gasteiger partial charge in [-0.3, -0.25) is 0 Å². The third-order valence-corrected chi connectivity index (χ3v) is 3.93. The lowest BCUT2D eigenvalue weighted by molar-refractivity contribution is 0.410. The minimum atomic E-state index is 0.287. The highest BCUT2D eigenvalue weighted by atomic mass is 32.1. The molecule has 0 fully saturated rings. The molecular formula is C14H18N2O2S. The van der Waals surface area contributed by atoms with E-state index < -0.39 is 0 Å². The second-order valence-electron chi connectivity index (χ2n) is 4.40. The number of nitrogens with zero attached hydrogens (tertiary/aromatic N) is 1. The third kappa shape index (κ3) is 3.68. The molecule has 0 saturated carbocycles. The molecule has 1 aromatic carbocycles. The van der Waals surface area contributed by atoms with E-state index in [0.29, 0.717) is 12.5 Å². The Bertz CT molecular complexity index is 514. The van der Waals surface area contributed by atoms with Crippen molar-refractivity contribution in [3.05, 3.63) is 40.3 Å². The second-order valence-corrected chi connectivity index (χ2v) is 5.32. The number of ether oxygens (including phenoxy) is 1. The van der Waals surface area contributed by atoms with Crippen LogP contribution in [0.4, 0.5) is 0 Å². The molecule has 2 N–H and O–H groups in total. The van der Waals surface area contributed by atoms with Gasteiger partial charge >= 0.3 is 0 Å². The van der Waals surface area contributed by atoms with Gasteiger partial charge in [-0.05, 0) is 18.2 Å². The smallest absolute Gasteiger partial charge is 0.120 e. The molecule has 1 unspecified atom stereocenters. The molecule has 0 aliphatic rings. The van der Waals surface area contributed by atoms with Crippen molar-refractivity contribution in [3.8, 4) is 11.5 Å². The lowest BCUT2D eigenvalue weighted by atomic mass is 10.1. The van der Waals surface area contributed by atoms with Crippen LogP contribution in [0.25, 0.3) is 0 Å². The standard InChI is InChI=1S/C14H18N2O2S/c1-10(14-16-5-6-19-14)8-15-9-11-7-12(18-2)3-4-13(11)17/h3-7,10,15,17H,8-9H2,1-2H3. The SMILES string of the molecule is COc1ccc(O)c(CNCC(C)c2nccs2)c1. The Morgan fingerprint density at radius 1 is 1.47 bits per heavy atom. The molecule has 1 atom stereocenters. The number of methoxy groups -OCH3 is 1. The first-order valence-electron chi connectivity index (χ1n) is 6.16. The summed E-state index contributed by atoms with van der Waals surface area (Å²) in [6.45, 7) is 3.57. The zero-order valence-corrected chi connectivity index (χ0v) is 11.9. The van der Waals surface area contributed by atoms with Crippen molar-refractivity contribution in [1.82, 2.24) is 10.3 Å². The Hall–Kier alpha value is -1.59. The summed E-state index contributed by atoms with van der Waals surface area (Å²) in [6, 6.07) is 5.24. The van der Waals surface area contributed by atoms with Crippen LogP contribution in [0.5, 0.6) is 11.5 Å². The first-order valence-corrected chi connectivity index (χ1v) is 7.04. The van der Waals surface area contributed by atoms with E-state index in [1.165, 1.54) is 0 Å². The van der Waals surface area contributed by atoms with Gasteiger partial charge in [-0.1, -0.05) is 6.92 Å². The van der Waals surface area contributed by atoms with Crippen LogP contribution >= 0.6 is 11.3 Å². The molecule has 0 spiro atoms. The highest BCUT2D eigenvalue weighted by molar-refractivity contribution is 7.09. The minimum absolute atomic E-state index is 0.287. The lowest BCUT2D eigenvalue weighted by Gasteiger charge is -2.11. The van der Waals surface area contributed by atoms with Crippen molar-refractivity contribution in [2.24, 2.45) is 0 Å². The fourth-order valence-electron chi connectivity index (χ4n) is 1.82. The van der Waals surface area contributed by atoms with E-state index >= 15 is 0 Å². The van der Waals surface area contributed by atoms with Gasteiger partial charge in [-0.2, -0.15) is 0 Å². The van der Waals surface area contributed by atoms with Crippen molar-refractivity contribution >= 4 is 11.3 Å². The van der Waals surface area contributed by atoms with E-state index in [1.54, 1.807) is 30.6 Å². The highest BCUT2D eigenvalue weighted by Gasteiger charge is 2.08. The number of aromatic nitrogens is 1. The van der Waals surface area contributed by atoms with Crippen molar-refractivity contribution in [3.63, 3.8) is 0 Å². The molecule has 0 radical (unpaired) electrons. The molecule has 4 nitrogen and oxygen atoms in total. The fraction of sp³-hybridized carbons (Fsp3) is 0.357. The topological polar surface area (TPSA) is 54.4 Å². The maximum absolute atomic E-state index is 9.77. The normalized spacial score (nSPS) is 12.3. The van der Waals surface area contributed by atoms with Crippen molar-refractivity contribution in [2.45, 2.75) is 19.4 Å². The minimum Gasteiger partial charge on any atom is -0.508 e.